The van der Waals surface area contributed by atoms with E-state index in [4.69, 9.17) is 9.47 Å². The third-order valence-corrected chi connectivity index (χ3v) is 3.24. The smallest absolute Gasteiger partial charge is 0.316 e. The summed E-state index contributed by atoms with van der Waals surface area (Å²) in [7, 11) is 0. The SMILES string of the molecule is O=C(CBr)OCCOC(=O)Cc1ccccc1Br. The molecule has 0 heterocycles. The van der Waals surface area contributed by atoms with Crippen molar-refractivity contribution in [2.75, 3.05) is 18.5 Å². The summed E-state index contributed by atoms with van der Waals surface area (Å²) in [6.45, 7) is 0.147. The molecule has 18 heavy (non-hydrogen) atoms. The van der Waals surface area contributed by atoms with Crippen LogP contribution in [0.2, 0.25) is 0 Å². The van der Waals surface area contributed by atoms with Gasteiger partial charge >= 0.3 is 11.9 Å². The summed E-state index contributed by atoms with van der Waals surface area (Å²) in [4.78, 5) is 22.3. The van der Waals surface area contributed by atoms with Gasteiger partial charge in [0.25, 0.3) is 0 Å². The van der Waals surface area contributed by atoms with Crippen LogP contribution in [0.15, 0.2) is 28.7 Å². The largest absolute Gasteiger partial charge is 0.462 e. The van der Waals surface area contributed by atoms with Crippen LogP contribution in [0.3, 0.4) is 0 Å². The van der Waals surface area contributed by atoms with Crippen molar-refractivity contribution >= 4 is 43.8 Å². The lowest BCUT2D eigenvalue weighted by molar-refractivity contribution is -0.150. The summed E-state index contributed by atoms with van der Waals surface area (Å²) >= 11 is 6.31. The van der Waals surface area contributed by atoms with Gasteiger partial charge in [0.05, 0.1) is 6.42 Å². The lowest BCUT2D eigenvalue weighted by Crippen LogP contribution is -2.15. The van der Waals surface area contributed by atoms with E-state index in [-0.39, 0.29) is 36.9 Å². The summed E-state index contributed by atoms with van der Waals surface area (Å²) in [6.07, 6.45) is 0.188. The number of benzene rings is 1. The first-order chi connectivity index (χ1) is 8.63. The molecular weight excluding hydrogens is 368 g/mol. The molecule has 0 saturated heterocycles. The molecule has 0 saturated carbocycles. The minimum Gasteiger partial charge on any atom is -0.462 e. The summed E-state index contributed by atoms with van der Waals surface area (Å²) in [6, 6.07) is 7.43. The fourth-order valence-electron chi connectivity index (χ4n) is 1.20. The molecule has 4 nitrogen and oxygen atoms in total. The molecule has 0 aliphatic carbocycles. The van der Waals surface area contributed by atoms with Gasteiger partial charge in [0.1, 0.15) is 18.5 Å². The molecule has 1 aromatic rings. The molecule has 0 N–H and O–H groups in total. The highest BCUT2D eigenvalue weighted by Gasteiger charge is 2.07. The zero-order chi connectivity index (χ0) is 13.4. The molecular formula is C12H12Br2O4. The lowest BCUT2D eigenvalue weighted by Gasteiger charge is -2.06. The fraction of sp³-hybridized carbons (Fsp3) is 0.333. The Kier molecular flexibility index (Phi) is 6.97. The molecule has 0 unspecified atom stereocenters. The number of carbonyl (C=O) groups is 2. The molecule has 0 aliphatic heterocycles. The van der Waals surface area contributed by atoms with Crippen LogP contribution in [-0.4, -0.2) is 30.5 Å². The Morgan fingerprint density at radius 2 is 1.67 bits per heavy atom. The van der Waals surface area contributed by atoms with Crippen molar-refractivity contribution in [3.63, 3.8) is 0 Å². The third-order valence-electron chi connectivity index (χ3n) is 2.01. The number of hydrogen-bond acceptors (Lipinski definition) is 4. The molecule has 0 spiro atoms. The van der Waals surface area contributed by atoms with Gasteiger partial charge in [-0.2, -0.15) is 0 Å². The number of rotatable bonds is 6. The monoisotopic (exact) mass is 378 g/mol. The lowest BCUT2D eigenvalue weighted by atomic mass is 10.2. The zero-order valence-corrected chi connectivity index (χ0v) is 12.7. The van der Waals surface area contributed by atoms with Crippen LogP contribution in [0, 0.1) is 0 Å². The van der Waals surface area contributed by atoms with Crippen molar-refractivity contribution in [3.8, 4) is 0 Å². The van der Waals surface area contributed by atoms with Crippen LogP contribution >= 0.6 is 31.9 Å². The molecule has 0 amide bonds. The van der Waals surface area contributed by atoms with Crippen LogP contribution in [0.5, 0.6) is 0 Å². The molecule has 0 fully saturated rings. The number of esters is 2. The van der Waals surface area contributed by atoms with E-state index in [9.17, 15) is 9.59 Å². The summed E-state index contributed by atoms with van der Waals surface area (Å²) < 4.78 is 10.6. The van der Waals surface area contributed by atoms with Crippen LogP contribution in [0.4, 0.5) is 0 Å². The first-order valence-corrected chi connectivity index (χ1v) is 7.15. The van der Waals surface area contributed by atoms with Gasteiger partial charge in [-0.15, -0.1) is 0 Å². The average molecular weight is 380 g/mol. The number of hydrogen-bond donors (Lipinski definition) is 0. The van der Waals surface area contributed by atoms with Gasteiger partial charge < -0.3 is 9.47 Å². The third kappa shape index (κ3) is 5.64. The second kappa shape index (κ2) is 8.26. The van der Waals surface area contributed by atoms with Crippen molar-refractivity contribution in [1.82, 2.24) is 0 Å². The molecule has 0 aromatic heterocycles. The molecule has 0 aliphatic rings. The molecule has 6 heteroatoms. The second-order valence-corrected chi connectivity index (χ2v) is 4.76. The average Bonchev–Trinajstić information content (AvgIpc) is 2.37. The predicted molar refractivity (Wildman–Crippen MR) is 73.6 cm³/mol. The van der Waals surface area contributed by atoms with Crippen LogP contribution in [0.1, 0.15) is 5.56 Å². The molecule has 0 atom stereocenters. The van der Waals surface area contributed by atoms with E-state index >= 15 is 0 Å². The van der Waals surface area contributed by atoms with Crippen molar-refractivity contribution in [3.05, 3.63) is 34.3 Å². The Balaban J connectivity index is 2.26. The maximum atomic E-state index is 11.5. The topological polar surface area (TPSA) is 52.6 Å². The van der Waals surface area contributed by atoms with Crippen molar-refractivity contribution in [1.29, 1.82) is 0 Å². The van der Waals surface area contributed by atoms with Gasteiger partial charge in [0.15, 0.2) is 0 Å². The van der Waals surface area contributed by atoms with Gasteiger partial charge in [-0.3, -0.25) is 9.59 Å². The number of ether oxygens (including phenoxy) is 2. The minimum absolute atomic E-state index is 0.0715. The molecule has 98 valence electrons. The quantitative estimate of drug-likeness (QED) is 0.433. The molecule has 0 bridgehead atoms. The zero-order valence-electron chi connectivity index (χ0n) is 9.53. The van der Waals surface area contributed by atoms with Gasteiger partial charge in [0, 0.05) is 4.47 Å². The predicted octanol–water partition coefficient (Wildman–Crippen LogP) is 2.47. The molecule has 0 radical (unpaired) electrons. The normalized spacial score (nSPS) is 9.89. The number of halogens is 2. The summed E-state index contributed by atoms with van der Waals surface area (Å²) in [5.41, 5.74) is 0.861. The Bertz CT molecular complexity index is 420. The highest BCUT2D eigenvalue weighted by atomic mass is 79.9. The molecule has 1 aromatic carbocycles. The highest BCUT2D eigenvalue weighted by Crippen LogP contribution is 2.16. The van der Waals surface area contributed by atoms with E-state index in [1.54, 1.807) is 0 Å². The maximum Gasteiger partial charge on any atom is 0.316 e. The van der Waals surface area contributed by atoms with Crippen LogP contribution in [-0.2, 0) is 25.5 Å². The Morgan fingerprint density at radius 1 is 1.06 bits per heavy atom. The number of carbonyl (C=O) groups excluding carboxylic acids is 2. The van der Waals surface area contributed by atoms with Crippen molar-refractivity contribution < 1.29 is 19.1 Å². The Labute approximate surface area is 122 Å². The van der Waals surface area contributed by atoms with Crippen molar-refractivity contribution in [2.45, 2.75) is 6.42 Å². The second-order valence-electron chi connectivity index (χ2n) is 3.34. The first kappa shape index (κ1) is 15.2. The van der Waals surface area contributed by atoms with E-state index in [1.165, 1.54) is 0 Å². The van der Waals surface area contributed by atoms with E-state index in [0.29, 0.717) is 0 Å². The fourth-order valence-corrected chi connectivity index (χ4v) is 1.78. The molecule has 1 rings (SSSR count). The van der Waals surface area contributed by atoms with Gasteiger partial charge in [-0.05, 0) is 11.6 Å². The first-order valence-electron chi connectivity index (χ1n) is 5.24. The van der Waals surface area contributed by atoms with Crippen LogP contribution in [0.25, 0.3) is 0 Å². The van der Waals surface area contributed by atoms with E-state index < -0.39 is 0 Å². The van der Waals surface area contributed by atoms with E-state index in [2.05, 4.69) is 31.9 Å². The van der Waals surface area contributed by atoms with Gasteiger partial charge in [-0.1, -0.05) is 50.1 Å². The standard InChI is InChI=1S/C12H12Br2O4/c13-8-12(16)18-6-5-17-11(15)7-9-3-1-2-4-10(9)14/h1-4H,5-8H2. The maximum absolute atomic E-state index is 11.5. The number of alkyl halides is 1. The van der Waals surface area contributed by atoms with Gasteiger partial charge in [-0.25, -0.2) is 0 Å². The Morgan fingerprint density at radius 3 is 2.28 bits per heavy atom. The van der Waals surface area contributed by atoms with Gasteiger partial charge in [0.2, 0.25) is 0 Å². The Hall–Kier alpha value is -0.880. The summed E-state index contributed by atoms with van der Waals surface area (Å²) in [5.74, 6) is -0.728. The van der Waals surface area contributed by atoms with E-state index in [1.807, 2.05) is 24.3 Å². The summed E-state index contributed by atoms with van der Waals surface area (Å²) in [5, 5.41) is 0.137. The highest BCUT2D eigenvalue weighted by molar-refractivity contribution is 9.10. The van der Waals surface area contributed by atoms with E-state index in [0.717, 1.165) is 10.0 Å². The van der Waals surface area contributed by atoms with Crippen molar-refractivity contribution in [2.24, 2.45) is 0 Å². The minimum atomic E-state index is -0.378. The van der Waals surface area contributed by atoms with Crippen LogP contribution < -0.4 is 0 Å².